The minimum absolute atomic E-state index is 0.00803. The topological polar surface area (TPSA) is 17.1 Å². The molecule has 0 unspecified atom stereocenters. The summed E-state index contributed by atoms with van der Waals surface area (Å²) in [7, 11) is 0. The van der Waals surface area contributed by atoms with Crippen LogP contribution in [0.15, 0.2) is 87.8 Å². The fourth-order valence-corrected chi connectivity index (χ4v) is 2.91. The molecule has 0 aliphatic carbocycles. The molecular formula is C21H14Br2O. The molecule has 24 heavy (non-hydrogen) atoms. The summed E-state index contributed by atoms with van der Waals surface area (Å²) >= 11 is 6.85. The maximum atomic E-state index is 13.1. The lowest BCUT2D eigenvalue weighted by Crippen LogP contribution is -2.03. The van der Waals surface area contributed by atoms with Crippen LogP contribution in [-0.2, 0) is 0 Å². The van der Waals surface area contributed by atoms with E-state index in [2.05, 4.69) is 31.9 Å². The number of allylic oxidation sites excluding steroid dienone is 1. The molecule has 0 fully saturated rings. The monoisotopic (exact) mass is 440 g/mol. The van der Waals surface area contributed by atoms with Gasteiger partial charge in [0.2, 0.25) is 0 Å². The summed E-state index contributed by atoms with van der Waals surface area (Å²) in [5.74, 6) is 0.00803. The van der Waals surface area contributed by atoms with Crippen molar-refractivity contribution in [3.05, 3.63) is 104 Å². The second-order valence-electron chi connectivity index (χ2n) is 5.31. The largest absolute Gasteiger partial charge is 0.289 e. The van der Waals surface area contributed by atoms with E-state index in [-0.39, 0.29) is 5.78 Å². The van der Waals surface area contributed by atoms with Gasteiger partial charge in [0.15, 0.2) is 5.78 Å². The highest BCUT2D eigenvalue weighted by Crippen LogP contribution is 2.25. The Morgan fingerprint density at radius 1 is 0.667 bits per heavy atom. The Labute approximate surface area is 158 Å². The van der Waals surface area contributed by atoms with Crippen LogP contribution in [0.4, 0.5) is 0 Å². The highest BCUT2D eigenvalue weighted by molar-refractivity contribution is 9.10. The molecule has 0 spiro atoms. The van der Waals surface area contributed by atoms with Crippen LogP contribution in [0.5, 0.6) is 0 Å². The number of hydrogen-bond acceptors (Lipinski definition) is 1. The second kappa shape index (κ2) is 7.73. The quantitative estimate of drug-likeness (QED) is 0.252. The Kier molecular flexibility index (Phi) is 5.44. The van der Waals surface area contributed by atoms with Gasteiger partial charge in [-0.05, 0) is 53.6 Å². The van der Waals surface area contributed by atoms with E-state index in [9.17, 15) is 4.79 Å². The standard InChI is InChI=1S/C21H14Br2O/c22-18-10-6-16(7-11-18)20(14-15-4-2-1-3-5-15)21(24)17-8-12-19(23)13-9-17/h1-14H/b20-14+. The van der Waals surface area contributed by atoms with E-state index in [1.54, 1.807) is 0 Å². The maximum Gasteiger partial charge on any atom is 0.193 e. The van der Waals surface area contributed by atoms with Crippen molar-refractivity contribution in [1.29, 1.82) is 0 Å². The van der Waals surface area contributed by atoms with Crippen LogP contribution in [0, 0.1) is 0 Å². The highest BCUT2D eigenvalue weighted by Gasteiger charge is 2.14. The van der Waals surface area contributed by atoms with Gasteiger partial charge in [0.05, 0.1) is 0 Å². The summed E-state index contributed by atoms with van der Waals surface area (Å²) in [5, 5.41) is 0. The molecule has 0 bridgehead atoms. The lowest BCUT2D eigenvalue weighted by molar-refractivity contribution is 0.105. The van der Waals surface area contributed by atoms with Gasteiger partial charge >= 0.3 is 0 Å². The number of carbonyl (C=O) groups is 1. The van der Waals surface area contributed by atoms with Crippen molar-refractivity contribution >= 4 is 49.3 Å². The molecule has 0 radical (unpaired) electrons. The molecule has 3 rings (SSSR count). The molecule has 1 nitrogen and oxygen atoms in total. The molecule has 0 amide bonds. The van der Waals surface area contributed by atoms with E-state index in [1.165, 1.54) is 0 Å². The lowest BCUT2D eigenvalue weighted by Gasteiger charge is -2.08. The molecule has 0 aromatic heterocycles. The Hall–Kier alpha value is -1.97. The van der Waals surface area contributed by atoms with Gasteiger partial charge < -0.3 is 0 Å². The van der Waals surface area contributed by atoms with Gasteiger partial charge in [0, 0.05) is 20.1 Å². The molecule has 3 aromatic rings. The smallest absolute Gasteiger partial charge is 0.193 e. The van der Waals surface area contributed by atoms with Crippen molar-refractivity contribution in [2.45, 2.75) is 0 Å². The summed E-state index contributed by atoms with van der Waals surface area (Å²) in [5.41, 5.74) is 3.25. The minimum Gasteiger partial charge on any atom is -0.289 e. The third-order valence-electron chi connectivity index (χ3n) is 3.62. The maximum absolute atomic E-state index is 13.1. The third kappa shape index (κ3) is 4.11. The minimum atomic E-state index is 0.00803. The first-order chi connectivity index (χ1) is 11.6. The molecule has 3 aromatic carbocycles. The summed E-state index contributed by atoms with van der Waals surface area (Å²) in [6, 6.07) is 25.1. The van der Waals surface area contributed by atoms with Crippen LogP contribution in [0.3, 0.4) is 0 Å². The third-order valence-corrected chi connectivity index (χ3v) is 4.67. The van der Waals surface area contributed by atoms with Gasteiger partial charge in [-0.3, -0.25) is 4.79 Å². The van der Waals surface area contributed by atoms with Crippen molar-refractivity contribution in [2.75, 3.05) is 0 Å². The number of benzene rings is 3. The van der Waals surface area contributed by atoms with Crippen molar-refractivity contribution in [2.24, 2.45) is 0 Å². The predicted molar refractivity (Wildman–Crippen MR) is 107 cm³/mol. The number of ketones is 1. The van der Waals surface area contributed by atoms with Crippen LogP contribution >= 0.6 is 31.9 Å². The number of hydrogen-bond donors (Lipinski definition) is 0. The van der Waals surface area contributed by atoms with Crippen molar-refractivity contribution < 1.29 is 4.79 Å². The molecule has 0 aliphatic rings. The zero-order chi connectivity index (χ0) is 16.9. The second-order valence-corrected chi connectivity index (χ2v) is 7.14. The molecule has 118 valence electrons. The first-order valence-electron chi connectivity index (χ1n) is 7.46. The molecular weight excluding hydrogens is 428 g/mol. The average Bonchev–Trinajstić information content (AvgIpc) is 2.62. The SMILES string of the molecule is O=C(/C(=C/c1ccccc1)c1ccc(Br)cc1)c1ccc(Br)cc1. The Morgan fingerprint density at radius 2 is 1.17 bits per heavy atom. The Balaban J connectivity index is 2.07. The Morgan fingerprint density at radius 3 is 1.71 bits per heavy atom. The van der Waals surface area contributed by atoms with E-state index in [0.29, 0.717) is 11.1 Å². The van der Waals surface area contributed by atoms with Crippen LogP contribution in [-0.4, -0.2) is 5.78 Å². The van der Waals surface area contributed by atoms with Crippen molar-refractivity contribution in [1.82, 2.24) is 0 Å². The molecule has 0 atom stereocenters. The number of Topliss-reactive ketones (excluding diaryl/α,β-unsaturated/α-hetero) is 1. The number of halogens is 2. The van der Waals surface area contributed by atoms with Gasteiger partial charge in [-0.25, -0.2) is 0 Å². The predicted octanol–water partition coefficient (Wildman–Crippen LogP) is 6.64. The van der Waals surface area contributed by atoms with E-state index >= 15 is 0 Å². The van der Waals surface area contributed by atoms with E-state index in [1.807, 2.05) is 84.9 Å². The van der Waals surface area contributed by atoms with E-state index in [4.69, 9.17) is 0 Å². The van der Waals surface area contributed by atoms with Crippen LogP contribution in [0.1, 0.15) is 21.5 Å². The van der Waals surface area contributed by atoms with Crippen molar-refractivity contribution in [3.8, 4) is 0 Å². The Bertz CT molecular complexity index is 864. The fourth-order valence-electron chi connectivity index (χ4n) is 2.38. The number of carbonyl (C=O) groups excluding carboxylic acids is 1. The van der Waals surface area contributed by atoms with E-state index < -0.39 is 0 Å². The van der Waals surface area contributed by atoms with Gasteiger partial charge in [0.25, 0.3) is 0 Å². The van der Waals surface area contributed by atoms with Gasteiger partial charge in [-0.2, -0.15) is 0 Å². The number of rotatable bonds is 4. The van der Waals surface area contributed by atoms with Gasteiger partial charge in [-0.1, -0.05) is 74.3 Å². The normalized spacial score (nSPS) is 11.3. The zero-order valence-corrected chi connectivity index (χ0v) is 15.9. The molecule has 0 aliphatic heterocycles. The van der Waals surface area contributed by atoms with Crippen LogP contribution in [0.2, 0.25) is 0 Å². The fraction of sp³-hybridized carbons (Fsp3) is 0. The first kappa shape index (κ1) is 16.9. The van der Waals surface area contributed by atoms with Crippen LogP contribution < -0.4 is 0 Å². The first-order valence-corrected chi connectivity index (χ1v) is 9.05. The summed E-state index contributed by atoms with van der Waals surface area (Å²) < 4.78 is 1.94. The van der Waals surface area contributed by atoms with E-state index in [0.717, 1.165) is 20.1 Å². The highest BCUT2D eigenvalue weighted by atomic mass is 79.9. The van der Waals surface area contributed by atoms with Gasteiger partial charge in [0.1, 0.15) is 0 Å². The average molecular weight is 442 g/mol. The molecule has 0 saturated heterocycles. The molecule has 0 saturated carbocycles. The molecule has 0 heterocycles. The summed E-state index contributed by atoms with van der Waals surface area (Å²) in [4.78, 5) is 13.1. The summed E-state index contributed by atoms with van der Waals surface area (Å²) in [6.45, 7) is 0. The van der Waals surface area contributed by atoms with Gasteiger partial charge in [-0.15, -0.1) is 0 Å². The van der Waals surface area contributed by atoms with Crippen molar-refractivity contribution in [3.63, 3.8) is 0 Å². The van der Waals surface area contributed by atoms with Crippen LogP contribution in [0.25, 0.3) is 11.6 Å². The molecule has 3 heteroatoms. The lowest BCUT2D eigenvalue weighted by atomic mass is 9.95. The molecule has 0 N–H and O–H groups in total. The summed E-state index contributed by atoms with van der Waals surface area (Å²) in [6.07, 6.45) is 1.94. The zero-order valence-electron chi connectivity index (χ0n) is 12.7.